The molecule has 1 heterocycles. The zero-order valence-electron chi connectivity index (χ0n) is 10.2. The molecule has 0 saturated carbocycles. The first kappa shape index (κ1) is 14.2. The molecule has 2 atom stereocenters. The van der Waals surface area contributed by atoms with Crippen LogP contribution < -0.4 is 34.7 Å². The van der Waals surface area contributed by atoms with Crippen molar-refractivity contribution in [1.82, 2.24) is 4.90 Å². The Labute approximate surface area is 120 Å². The SMILES string of the molecule is C[C@@H]([C@H]([O-])c1ccccc1)N1CCCC1.[Na+]. The van der Waals surface area contributed by atoms with Crippen molar-refractivity contribution in [3.63, 3.8) is 0 Å². The molecule has 2 nitrogen and oxygen atoms in total. The average Bonchev–Trinajstić information content (AvgIpc) is 2.82. The van der Waals surface area contributed by atoms with E-state index in [0.717, 1.165) is 18.7 Å². The van der Waals surface area contributed by atoms with E-state index in [9.17, 15) is 5.11 Å². The molecule has 1 aromatic rings. The summed E-state index contributed by atoms with van der Waals surface area (Å²) >= 11 is 0. The number of nitrogens with zero attached hydrogens (tertiary/aromatic N) is 1. The van der Waals surface area contributed by atoms with E-state index in [1.165, 1.54) is 12.8 Å². The second-order valence-electron chi connectivity index (χ2n) is 4.31. The molecule has 1 aliphatic heterocycles. The summed E-state index contributed by atoms with van der Waals surface area (Å²) in [6.45, 7) is 4.23. The summed E-state index contributed by atoms with van der Waals surface area (Å²) in [5.74, 6) is 0. The standard InChI is InChI=1S/C13H18NO.Na/c1-11(14-9-5-6-10-14)13(15)12-7-3-2-4-8-12;/h2-4,7-8,11,13H,5-6,9-10H2,1H3;/q-1;+1/t11-,13-;/m0./s1. The second kappa shape index (κ2) is 6.77. The minimum absolute atomic E-state index is 0. The van der Waals surface area contributed by atoms with Gasteiger partial charge in [-0.05, 0) is 32.0 Å². The fraction of sp³-hybridized carbons (Fsp3) is 0.538. The quantitative estimate of drug-likeness (QED) is 0.592. The third-order valence-corrected chi connectivity index (χ3v) is 3.28. The van der Waals surface area contributed by atoms with Crippen molar-refractivity contribution in [3.8, 4) is 0 Å². The molecule has 1 aromatic carbocycles. The Bertz CT molecular complexity index is 298. The molecule has 0 radical (unpaired) electrons. The van der Waals surface area contributed by atoms with E-state index in [1.54, 1.807) is 0 Å². The molecule has 0 aliphatic carbocycles. The van der Waals surface area contributed by atoms with Gasteiger partial charge in [0.05, 0.1) is 0 Å². The van der Waals surface area contributed by atoms with Gasteiger partial charge in [-0.2, -0.15) is 0 Å². The molecule has 0 spiro atoms. The smallest absolute Gasteiger partial charge is 0.847 e. The molecule has 0 unspecified atom stereocenters. The summed E-state index contributed by atoms with van der Waals surface area (Å²) in [5, 5.41) is 12.2. The average molecular weight is 227 g/mol. The van der Waals surface area contributed by atoms with Gasteiger partial charge >= 0.3 is 29.6 Å². The van der Waals surface area contributed by atoms with Crippen LogP contribution in [0, 0.1) is 0 Å². The van der Waals surface area contributed by atoms with Crippen LogP contribution in [0.4, 0.5) is 0 Å². The summed E-state index contributed by atoms with van der Waals surface area (Å²) in [5.41, 5.74) is 0.914. The number of likely N-dealkylation sites (tertiary alicyclic amines) is 1. The molecule has 16 heavy (non-hydrogen) atoms. The van der Waals surface area contributed by atoms with Crippen LogP contribution in [0.5, 0.6) is 0 Å². The van der Waals surface area contributed by atoms with Crippen molar-refractivity contribution in [2.45, 2.75) is 31.9 Å². The van der Waals surface area contributed by atoms with Crippen LogP contribution in [-0.4, -0.2) is 24.0 Å². The van der Waals surface area contributed by atoms with Gasteiger partial charge in [-0.25, -0.2) is 0 Å². The van der Waals surface area contributed by atoms with Gasteiger partial charge in [-0.3, -0.25) is 0 Å². The number of hydrogen-bond donors (Lipinski definition) is 0. The summed E-state index contributed by atoms with van der Waals surface area (Å²) < 4.78 is 0. The van der Waals surface area contributed by atoms with E-state index in [1.807, 2.05) is 30.3 Å². The van der Waals surface area contributed by atoms with Crippen LogP contribution in [-0.2, 0) is 0 Å². The molecule has 1 fully saturated rings. The Morgan fingerprint density at radius 2 is 1.69 bits per heavy atom. The van der Waals surface area contributed by atoms with Crippen LogP contribution in [0.15, 0.2) is 30.3 Å². The first-order valence-electron chi connectivity index (χ1n) is 5.74. The third-order valence-electron chi connectivity index (χ3n) is 3.28. The van der Waals surface area contributed by atoms with E-state index in [4.69, 9.17) is 0 Å². The van der Waals surface area contributed by atoms with E-state index in [2.05, 4.69) is 11.8 Å². The molecule has 0 aromatic heterocycles. The summed E-state index contributed by atoms with van der Waals surface area (Å²) in [6.07, 6.45) is 1.88. The van der Waals surface area contributed by atoms with Crippen molar-refractivity contribution in [1.29, 1.82) is 0 Å². The number of hydrogen-bond acceptors (Lipinski definition) is 2. The molecule has 0 bridgehead atoms. The van der Waals surface area contributed by atoms with Crippen molar-refractivity contribution in [2.24, 2.45) is 0 Å². The summed E-state index contributed by atoms with van der Waals surface area (Å²) in [4.78, 5) is 2.31. The molecule has 2 rings (SSSR count). The molecule has 82 valence electrons. The summed E-state index contributed by atoms with van der Waals surface area (Å²) in [6, 6.07) is 9.83. The van der Waals surface area contributed by atoms with Crippen LogP contribution >= 0.6 is 0 Å². The Balaban J connectivity index is 0.00000128. The molecule has 1 aliphatic rings. The minimum atomic E-state index is -0.607. The van der Waals surface area contributed by atoms with E-state index in [0.29, 0.717) is 0 Å². The van der Waals surface area contributed by atoms with Crippen LogP contribution in [0.2, 0.25) is 0 Å². The van der Waals surface area contributed by atoms with Crippen molar-refractivity contribution >= 4 is 0 Å². The maximum Gasteiger partial charge on any atom is 1.00 e. The van der Waals surface area contributed by atoms with Crippen molar-refractivity contribution in [2.75, 3.05) is 13.1 Å². The van der Waals surface area contributed by atoms with Gasteiger partial charge in [-0.15, -0.1) is 0 Å². The third kappa shape index (κ3) is 3.31. The van der Waals surface area contributed by atoms with Gasteiger partial charge in [0.2, 0.25) is 0 Å². The van der Waals surface area contributed by atoms with Crippen LogP contribution in [0.1, 0.15) is 31.4 Å². The number of benzene rings is 1. The van der Waals surface area contributed by atoms with Gasteiger partial charge in [0.25, 0.3) is 0 Å². The summed E-state index contributed by atoms with van der Waals surface area (Å²) in [7, 11) is 0. The Morgan fingerprint density at radius 3 is 2.25 bits per heavy atom. The first-order chi connectivity index (χ1) is 7.29. The Hall–Kier alpha value is 0.140. The van der Waals surface area contributed by atoms with Gasteiger partial charge in [-0.1, -0.05) is 48.9 Å². The first-order valence-corrected chi connectivity index (χ1v) is 5.74. The van der Waals surface area contributed by atoms with Gasteiger partial charge < -0.3 is 10.0 Å². The van der Waals surface area contributed by atoms with E-state index >= 15 is 0 Å². The maximum atomic E-state index is 12.2. The topological polar surface area (TPSA) is 26.3 Å². The molecule has 0 amide bonds. The van der Waals surface area contributed by atoms with Gasteiger partial charge in [0.1, 0.15) is 0 Å². The largest absolute Gasteiger partial charge is 1.00 e. The zero-order valence-corrected chi connectivity index (χ0v) is 12.2. The normalized spacial score (nSPS) is 20.1. The van der Waals surface area contributed by atoms with Gasteiger partial charge in [0.15, 0.2) is 0 Å². The molecular formula is C13H18NNaO. The fourth-order valence-corrected chi connectivity index (χ4v) is 2.26. The molecular weight excluding hydrogens is 209 g/mol. The minimum Gasteiger partial charge on any atom is -0.847 e. The zero-order chi connectivity index (χ0) is 10.7. The fourth-order valence-electron chi connectivity index (χ4n) is 2.26. The van der Waals surface area contributed by atoms with Crippen molar-refractivity contribution < 1.29 is 34.7 Å². The Kier molecular flexibility index (Phi) is 6.01. The monoisotopic (exact) mass is 227 g/mol. The number of rotatable bonds is 3. The molecule has 0 N–H and O–H groups in total. The van der Waals surface area contributed by atoms with Crippen LogP contribution in [0.3, 0.4) is 0 Å². The predicted octanol–water partition coefficient (Wildman–Crippen LogP) is -1.42. The van der Waals surface area contributed by atoms with Gasteiger partial charge in [0, 0.05) is 0 Å². The molecule has 1 saturated heterocycles. The maximum absolute atomic E-state index is 12.2. The Morgan fingerprint density at radius 1 is 1.12 bits per heavy atom. The second-order valence-corrected chi connectivity index (χ2v) is 4.31. The van der Waals surface area contributed by atoms with Crippen LogP contribution in [0.25, 0.3) is 0 Å². The van der Waals surface area contributed by atoms with Crippen molar-refractivity contribution in [3.05, 3.63) is 35.9 Å². The van der Waals surface area contributed by atoms with E-state index < -0.39 is 6.10 Å². The predicted molar refractivity (Wildman–Crippen MR) is 59.5 cm³/mol. The van der Waals surface area contributed by atoms with E-state index in [-0.39, 0.29) is 35.6 Å². The molecule has 3 heteroatoms.